The number of hydrogen-bond acceptors (Lipinski definition) is 1. The molecule has 0 amide bonds. The molecule has 1 nitrogen and oxygen atoms in total. The fourth-order valence-electron chi connectivity index (χ4n) is 3.56. The fraction of sp³-hybridized carbons (Fsp3) is 0.667. The molecule has 0 aliphatic heterocycles. The molecule has 1 aromatic rings. The monoisotopic (exact) mass is 312 g/mol. The average molecular weight is 313 g/mol. The van der Waals surface area contributed by atoms with Crippen LogP contribution < -0.4 is 0 Å². The summed E-state index contributed by atoms with van der Waals surface area (Å²) in [6.45, 7) is 7.05. The first kappa shape index (κ1) is 16.8. The van der Waals surface area contributed by atoms with E-state index in [1.54, 1.807) is 6.07 Å². The van der Waals surface area contributed by atoms with Crippen molar-refractivity contribution >= 4 is 11.6 Å². The third kappa shape index (κ3) is 3.98. The first-order chi connectivity index (χ1) is 9.76. The minimum Gasteiger partial charge on any atom is -0.396 e. The molecule has 3 heteroatoms. The molecule has 1 saturated carbocycles. The lowest BCUT2D eigenvalue weighted by atomic mass is 9.62. The molecule has 0 spiro atoms. The molecule has 1 aliphatic carbocycles. The first-order valence-corrected chi connectivity index (χ1v) is 8.18. The van der Waals surface area contributed by atoms with E-state index in [0.29, 0.717) is 16.4 Å². The third-order valence-electron chi connectivity index (χ3n) is 5.19. The molecule has 2 rings (SSSR count). The highest BCUT2D eigenvalue weighted by Gasteiger charge is 2.38. The van der Waals surface area contributed by atoms with Crippen molar-refractivity contribution in [2.24, 2.45) is 16.7 Å². The van der Waals surface area contributed by atoms with Gasteiger partial charge in [-0.1, -0.05) is 38.4 Å². The van der Waals surface area contributed by atoms with Crippen LogP contribution in [0.25, 0.3) is 0 Å². The lowest BCUT2D eigenvalue weighted by Crippen LogP contribution is -2.36. The Bertz CT molecular complexity index is 484. The Labute approximate surface area is 132 Å². The maximum Gasteiger partial charge on any atom is 0.124 e. The fourth-order valence-corrected chi connectivity index (χ4v) is 3.79. The van der Waals surface area contributed by atoms with Crippen LogP contribution >= 0.6 is 11.6 Å². The van der Waals surface area contributed by atoms with Gasteiger partial charge in [0.05, 0.1) is 0 Å². The summed E-state index contributed by atoms with van der Waals surface area (Å²) in [5.74, 6) is 0.402. The molecule has 0 unspecified atom stereocenters. The minimum atomic E-state index is -0.307. The van der Waals surface area contributed by atoms with Crippen molar-refractivity contribution in [1.82, 2.24) is 0 Å². The van der Waals surface area contributed by atoms with Crippen LogP contribution in [-0.4, -0.2) is 11.7 Å². The highest BCUT2D eigenvalue weighted by Crippen LogP contribution is 2.47. The molecule has 1 N–H and O–H groups in total. The maximum absolute atomic E-state index is 13.2. The van der Waals surface area contributed by atoms with Crippen LogP contribution in [0.5, 0.6) is 0 Å². The highest BCUT2D eigenvalue weighted by atomic mass is 35.5. The number of benzene rings is 1. The summed E-state index contributed by atoms with van der Waals surface area (Å²) < 4.78 is 13.2. The van der Waals surface area contributed by atoms with Crippen molar-refractivity contribution in [1.29, 1.82) is 0 Å². The summed E-state index contributed by atoms with van der Waals surface area (Å²) in [4.78, 5) is 0. The number of halogens is 2. The van der Waals surface area contributed by atoms with Crippen LogP contribution in [0.1, 0.15) is 52.0 Å². The van der Waals surface area contributed by atoms with Gasteiger partial charge in [-0.15, -0.1) is 0 Å². The number of aliphatic hydroxyl groups excluding tert-OH is 1. The molecule has 1 fully saturated rings. The predicted octanol–water partition coefficient (Wildman–Crippen LogP) is 5.24. The SMILES string of the molecule is CC(C)(C)C1CCC(CO)(Cc2ccc(F)cc2Cl)CC1. The predicted molar refractivity (Wildman–Crippen MR) is 86.0 cm³/mol. The van der Waals surface area contributed by atoms with Gasteiger partial charge in [-0.2, -0.15) is 0 Å². The molecule has 1 aliphatic rings. The van der Waals surface area contributed by atoms with Crippen LogP contribution in [0, 0.1) is 22.6 Å². The first-order valence-electron chi connectivity index (χ1n) is 7.81. The molecule has 1 aromatic carbocycles. The molecule has 0 aromatic heterocycles. The zero-order valence-corrected chi connectivity index (χ0v) is 14.0. The van der Waals surface area contributed by atoms with Crippen LogP contribution in [0.4, 0.5) is 4.39 Å². The Morgan fingerprint density at radius 2 is 1.90 bits per heavy atom. The van der Waals surface area contributed by atoms with Gasteiger partial charge in [0.25, 0.3) is 0 Å². The van der Waals surface area contributed by atoms with E-state index in [9.17, 15) is 9.50 Å². The molecule has 0 radical (unpaired) electrons. The van der Waals surface area contributed by atoms with Crippen molar-refractivity contribution in [2.75, 3.05) is 6.61 Å². The Kier molecular flexibility index (Phi) is 4.99. The zero-order valence-electron chi connectivity index (χ0n) is 13.3. The van der Waals surface area contributed by atoms with E-state index < -0.39 is 0 Å². The minimum absolute atomic E-state index is 0.0940. The molecule has 118 valence electrons. The van der Waals surface area contributed by atoms with Gasteiger partial charge in [0.15, 0.2) is 0 Å². The summed E-state index contributed by atoms with van der Waals surface area (Å²) in [6, 6.07) is 4.57. The summed E-state index contributed by atoms with van der Waals surface area (Å²) >= 11 is 6.15. The smallest absolute Gasteiger partial charge is 0.124 e. The van der Waals surface area contributed by atoms with Crippen LogP contribution in [0.15, 0.2) is 18.2 Å². The molecule has 0 bridgehead atoms. The second-order valence-corrected chi connectivity index (χ2v) is 8.12. The average Bonchev–Trinajstić information content (AvgIpc) is 2.41. The summed E-state index contributed by atoms with van der Waals surface area (Å²) in [6.07, 6.45) is 5.05. The van der Waals surface area contributed by atoms with Gasteiger partial charge in [-0.25, -0.2) is 4.39 Å². The third-order valence-corrected chi connectivity index (χ3v) is 5.54. The Balaban J connectivity index is 2.10. The topological polar surface area (TPSA) is 20.2 Å². The summed E-state index contributed by atoms with van der Waals surface area (Å²) in [5, 5.41) is 10.4. The van der Waals surface area contributed by atoms with Crippen LogP contribution in [0.2, 0.25) is 5.02 Å². The van der Waals surface area contributed by atoms with Crippen molar-refractivity contribution in [3.05, 3.63) is 34.6 Å². The number of aliphatic hydroxyl groups is 1. The van der Waals surface area contributed by atoms with Gasteiger partial charge in [0, 0.05) is 11.6 Å². The van der Waals surface area contributed by atoms with E-state index in [0.717, 1.165) is 37.7 Å². The van der Waals surface area contributed by atoms with E-state index in [-0.39, 0.29) is 17.8 Å². The quantitative estimate of drug-likeness (QED) is 0.809. The second-order valence-electron chi connectivity index (χ2n) is 7.71. The van der Waals surface area contributed by atoms with Gasteiger partial charge in [-0.05, 0) is 66.5 Å². The molecule has 0 saturated heterocycles. The van der Waals surface area contributed by atoms with Crippen molar-refractivity contribution < 1.29 is 9.50 Å². The van der Waals surface area contributed by atoms with Crippen molar-refractivity contribution in [3.63, 3.8) is 0 Å². The van der Waals surface area contributed by atoms with E-state index in [1.807, 2.05) is 0 Å². The van der Waals surface area contributed by atoms with Crippen molar-refractivity contribution in [2.45, 2.75) is 52.9 Å². The van der Waals surface area contributed by atoms with Gasteiger partial charge in [0.2, 0.25) is 0 Å². The second kappa shape index (κ2) is 6.26. The van der Waals surface area contributed by atoms with Crippen LogP contribution in [-0.2, 0) is 6.42 Å². The summed E-state index contributed by atoms with van der Waals surface area (Å²) in [5.41, 5.74) is 1.18. The number of hydrogen-bond donors (Lipinski definition) is 1. The largest absolute Gasteiger partial charge is 0.396 e. The van der Waals surface area contributed by atoms with Gasteiger partial charge in [-0.3, -0.25) is 0 Å². The molecule has 0 atom stereocenters. The molecular formula is C18H26ClFO. The van der Waals surface area contributed by atoms with E-state index >= 15 is 0 Å². The Morgan fingerprint density at radius 1 is 1.29 bits per heavy atom. The molecular weight excluding hydrogens is 287 g/mol. The standard InChI is InChI=1S/C18H26ClFO/c1-17(2,3)14-6-8-18(12-21,9-7-14)11-13-4-5-15(20)10-16(13)19/h4-5,10,14,21H,6-9,11-12H2,1-3H3. The van der Waals surface area contributed by atoms with E-state index in [4.69, 9.17) is 11.6 Å². The van der Waals surface area contributed by atoms with Crippen LogP contribution in [0.3, 0.4) is 0 Å². The van der Waals surface area contributed by atoms with Gasteiger partial charge < -0.3 is 5.11 Å². The molecule has 0 heterocycles. The summed E-state index contributed by atoms with van der Waals surface area (Å²) in [7, 11) is 0. The van der Waals surface area contributed by atoms with E-state index in [2.05, 4.69) is 20.8 Å². The van der Waals surface area contributed by atoms with Gasteiger partial charge in [0.1, 0.15) is 5.82 Å². The lowest BCUT2D eigenvalue weighted by Gasteiger charge is -2.43. The van der Waals surface area contributed by atoms with Gasteiger partial charge >= 0.3 is 0 Å². The van der Waals surface area contributed by atoms with E-state index in [1.165, 1.54) is 12.1 Å². The normalized spacial score (nSPS) is 26.9. The lowest BCUT2D eigenvalue weighted by molar-refractivity contribution is 0.0369. The zero-order chi connectivity index (χ0) is 15.7. The highest BCUT2D eigenvalue weighted by molar-refractivity contribution is 6.31. The number of rotatable bonds is 3. The van der Waals surface area contributed by atoms with Crippen molar-refractivity contribution in [3.8, 4) is 0 Å². The molecule has 21 heavy (non-hydrogen) atoms. The Morgan fingerprint density at radius 3 is 2.38 bits per heavy atom. The maximum atomic E-state index is 13.2. The Hall–Kier alpha value is -0.600.